The Hall–Kier alpha value is -5.92. The van der Waals surface area contributed by atoms with E-state index in [2.05, 4.69) is 37.7 Å². The van der Waals surface area contributed by atoms with Gasteiger partial charge in [0.05, 0.1) is 23.6 Å². The first-order chi connectivity index (χ1) is 25.2. The lowest BCUT2D eigenvalue weighted by molar-refractivity contribution is -0.384. The van der Waals surface area contributed by atoms with Crippen molar-refractivity contribution in [1.82, 2.24) is 20.6 Å². The number of aromatic nitrogens is 2. The number of ether oxygens (including phenoxy) is 1. The number of benzene rings is 3. The maximum Gasteiger partial charge on any atom is 0.269 e. The van der Waals surface area contributed by atoms with E-state index in [1.165, 1.54) is 36.4 Å². The van der Waals surface area contributed by atoms with Crippen LogP contribution in [0.4, 0.5) is 21.7 Å². The molecule has 272 valence electrons. The Kier molecular flexibility index (Phi) is 13.2. The van der Waals surface area contributed by atoms with Crippen molar-refractivity contribution in [2.75, 3.05) is 36.5 Å². The zero-order valence-electron chi connectivity index (χ0n) is 28.9. The van der Waals surface area contributed by atoms with Crippen LogP contribution in [0.25, 0.3) is 0 Å². The molecule has 0 unspecified atom stereocenters. The Morgan fingerprint density at radius 3 is 2.37 bits per heavy atom. The quantitative estimate of drug-likeness (QED) is 0.0798. The van der Waals surface area contributed by atoms with Gasteiger partial charge in [-0.3, -0.25) is 24.5 Å². The van der Waals surface area contributed by atoms with Gasteiger partial charge in [-0.1, -0.05) is 37.3 Å². The average Bonchev–Trinajstić information content (AvgIpc) is 3.16. The van der Waals surface area contributed by atoms with Crippen LogP contribution >= 0.6 is 0 Å². The van der Waals surface area contributed by atoms with Gasteiger partial charge in [0.2, 0.25) is 17.8 Å². The van der Waals surface area contributed by atoms with Crippen LogP contribution < -0.4 is 25.6 Å². The second-order valence-corrected chi connectivity index (χ2v) is 12.6. The normalized spacial score (nSPS) is 13.5. The van der Waals surface area contributed by atoms with Crippen LogP contribution in [-0.4, -0.2) is 64.9 Å². The Bertz CT molecular complexity index is 1820. The van der Waals surface area contributed by atoms with Crippen molar-refractivity contribution >= 4 is 35.0 Å². The SMILES string of the molecule is CCc1cnc(N2CCC(CCCOc3ccc(C(=O)NCC(=O)N[C@H](Cc4ccccc4)C(=O)Nc4ccc([N+](=O)[O-])cc4)c(F)c3)CC2)nc1. The molecule has 1 atom stereocenters. The number of non-ortho nitro benzene ring substituents is 1. The minimum atomic E-state index is -1.04. The predicted octanol–water partition coefficient (Wildman–Crippen LogP) is 5.26. The minimum absolute atomic E-state index is 0.134. The number of carbonyl (C=O) groups is 3. The zero-order valence-corrected chi connectivity index (χ0v) is 28.9. The van der Waals surface area contributed by atoms with Crippen molar-refractivity contribution in [2.45, 2.75) is 51.5 Å². The number of nitrogens with zero attached hydrogens (tertiary/aromatic N) is 4. The highest BCUT2D eigenvalue weighted by Crippen LogP contribution is 2.25. The Labute approximate surface area is 301 Å². The molecule has 14 heteroatoms. The summed E-state index contributed by atoms with van der Waals surface area (Å²) in [6.45, 7) is 3.79. The average molecular weight is 712 g/mol. The van der Waals surface area contributed by atoms with Crippen LogP contribution in [0.15, 0.2) is 85.2 Å². The van der Waals surface area contributed by atoms with E-state index in [0.29, 0.717) is 24.0 Å². The molecule has 3 amide bonds. The summed E-state index contributed by atoms with van der Waals surface area (Å²) in [5, 5.41) is 18.6. The topological polar surface area (TPSA) is 169 Å². The molecule has 1 aliphatic rings. The highest BCUT2D eigenvalue weighted by Gasteiger charge is 2.23. The van der Waals surface area contributed by atoms with Crippen molar-refractivity contribution in [3.8, 4) is 5.75 Å². The lowest BCUT2D eigenvalue weighted by atomic mass is 9.92. The fourth-order valence-electron chi connectivity index (χ4n) is 5.90. The molecule has 1 saturated heterocycles. The number of aryl methyl sites for hydroxylation is 1. The first-order valence-electron chi connectivity index (χ1n) is 17.3. The molecule has 2 heterocycles. The summed E-state index contributed by atoms with van der Waals surface area (Å²) in [6.07, 6.45) is 8.69. The standard InChI is InChI=1S/C38H42FN7O6/c1-2-26-23-41-38(42-24-26)45-18-16-27(17-19-45)9-6-20-52-31-14-15-32(33(39)22-31)36(48)40-25-35(47)44-34(21-28-7-4-3-5-8-28)37(49)43-29-10-12-30(13-11-29)46(50)51/h3-5,7-8,10-15,22-24,27,34H,2,6,9,16-21,25H2,1H3,(H,40,48)(H,43,49)(H,44,47)/t34-/m1/s1. The third-order valence-electron chi connectivity index (χ3n) is 8.90. The number of nitro benzene ring substituents is 1. The zero-order chi connectivity index (χ0) is 36.9. The third kappa shape index (κ3) is 10.8. The molecule has 1 aromatic heterocycles. The number of hydrogen-bond donors (Lipinski definition) is 3. The summed E-state index contributed by atoms with van der Waals surface area (Å²) >= 11 is 0. The number of nitro groups is 1. The Morgan fingerprint density at radius 1 is 1.00 bits per heavy atom. The molecule has 4 aromatic rings. The number of amides is 3. The molecule has 3 N–H and O–H groups in total. The number of piperidine rings is 1. The van der Waals surface area contributed by atoms with E-state index in [0.717, 1.165) is 68.3 Å². The van der Waals surface area contributed by atoms with E-state index in [1.807, 2.05) is 18.5 Å². The van der Waals surface area contributed by atoms with Gasteiger partial charge in [0.25, 0.3) is 11.6 Å². The molecule has 0 aliphatic carbocycles. The van der Waals surface area contributed by atoms with Crippen LogP contribution in [0.2, 0.25) is 0 Å². The van der Waals surface area contributed by atoms with E-state index in [9.17, 15) is 28.9 Å². The van der Waals surface area contributed by atoms with Gasteiger partial charge in [0.1, 0.15) is 17.6 Å². The fourth-order valence-corrected chi connectivity index (χ4v) is 5.90. The highest BCUT2D eigenvalue weighted by molar-refractivity contribution is 5.99. The molecular weight excluding hydrogens is 669 g/mol. The molecule has 0 bridgehead atoms. The smallest absolute Gasteiger partial charge is 0.269 e. The summed E-state index contributed by atoms with van der Waals surface area (Å²) in [5.74, 6) is -1.18. The van der Waals surface area contributed by atoms with Gasteiger partial charge in [0.15, 0.2) is 0 Å². The maximum atomic E-state index is 14.9. The van der Waals surface area contributed by atoms with E-state index in [-0.39, 0.29) is 17.7 Å². The lowest BCUT2D eigenvalue weighted by Crippen LogP contribution is -2.48. The van der Waals surface area contributed by atoms with Gasteiger partial charge in [-0.25, -0.2) is 14.4 Å². The number of rotatable bonds is 16. The second kappa shape index (κ2) is 18.4. The van der Waals surface area contributed by atoms with Crippen molar-refractivity contribution in [1.29, 1.82) is 0 Å². The molecular formula is C38H42FN7O6. The van der Waals surface area contributed by atoms with Crippen molar-refractivity contribution in [3.05, 3.63) is 118 Å². The first-order valence-corrected chi connectivity index (χ1v) is 17.3. The van der Waals surface area contributed by atoms with Crippen LogP contribution in [-0.2, 0) is 22.4 Å². The van der Waals surface area contributed by atoms with Gasteiger partial charge in [-0.15, -0.1) is 0 Å². The van der Waals surface area contributed by atoms with E-state index in [4.69, 9.17) is 4.74 Å². The first kappa shape index (κ1) is 37.3. The number of nitrogens with one attached hydrogen (secondary N) is 3. The van der Waals surface area contributed by atoms with Gasteiger partial charge in [-0.05, 0) is 73.4 Å². The summed E-state index contributed by atoms with van der Waals surface area (Å²) in [5.41, 5.74) is 1.81. The molecule has 5 rings (SSSR count). The Balaban J connectivity index is 1.05. The van der Waals surface area contributed by atoms with Crippen LogP contribution in [0.3, 0.4) is 0 Å². The molecule has 1 aliphatic heterocycles. The number of hydrogen-bond acceptors (Lipinski definition) is 9. The molecule has 13 nitrogen and oxygen atoms in total. The minimum Gasteiger partial charge on any atom is -0.493 e. The van der Waals surface area contributed by atoms with Crippen LogP contribution in [0, 0.1) is 21.8 Å². The molecule has 52 heavy (non-hydrogen) atoms. The molecule has 0 saturated carbocycles. The summed E-state index contributed by atoms with van der Waals surface area (Å²) < 4.78 is 20.7. The largest absolute Gasteiger partial charge is 0.493 e. The summed E-state index contributed by atoms with van der Waals surface area (Å²) in [6, 6.07) is 17.2. The van der Waals surface area contributed by atoms with Crippen molar-refractivity contribution < 1.29 is 28.4 Å². The van der Waals surface area contributed by atoms with Gasteiger partial charge in [0, 0.05) is 55.8 Å². The van der Waals surface area contributed by atoms with Gasteiger partial charge in [-0.2, -0.15) is 0 Å². The second-order valence-electron chi connectivity index (χ2n) is 12.6. The van der Waals surface area contributed by atoms with E-state index >= 15 is 0 Å². The number of anilines is 2. The summed E-state index contributed by atoms with van der Waals surface area (Å²) in [4.78, 5) is 60.4. The molecule has 3 aromatic carbocycles. The fraction of sp³-hybridized carbons (Fsp3) is 0.342. The molecule has 0 radical (unpaired) electrons. The van der Waals surface area contributed by atoms with Gasteiger partial charge < -0.3 is 25.6 Å². The lowest BCUT2D eigenvalue weighted by Gasteiger charge is -2.32. The molecule has 1 fully saturated rings. The Morgan fingerprint density at radius 2 is 1.71 bits per heavy atom. The van der Waals surface area contributed by atoms with Gasteiger partial charge >= 0.3 is 0 Å². The van der Waals surface area contributed by atoms with Crippen molar-refractivity contribution in [3.63, 3.8) is 0 Å². The predicted molar refractivity (Wildman–Crippen MR) is 194 cm³/mol. The van der Waals surface area contributed by atoms with E-state index < -0.39 is 41.0 Å². The summed E-state index contributed by atoms with van der Waals surface area (Å²) in [7, 11) is 0. The molecule has 0 spiro atoms. The van der Waals surface area contributed by atoms with Crippen molar-refractivity contribution in [2.24, 2.45) is 5.92 Å². The highest BCUT2D eigenvalue weighted by atomic mass is 19.1. The maximum absolute atomic E-state index is 14.9. The monoisotopic (exact) mass is 711 g/mol. The third-order valence-corrected chi connectivity index (χ3v) is 8.90. The van der Waals surface area contributed by atoms with E-state index in [1.54, 1.807) is 24.3 Å². The van der Waals surface area contributed by atoms with Crippen LogP contribution in [0.5, 0.6) is 5.75 Å². The number of carbonyl (C=O) groups excluding carboxylic acids is 3. The van der Waals surface area contributed by atoms with Crippen LogP contribution in [0.1, 0.15) is 54.1 Å². The number of halogens is 1.